The number of fused-ring (bicyclic) bond motifs is 1. The summed E-state index contributed by atoms with van der Waals surface area (Å²) in [7, 11) is 0. The Kier molecular flexibility index (Phi) is 4.86. The first-order chi connectivity index (χ1) is 16.2. The number of carbonyl (C=O) groups excluding carboxylic acids is 1. The topological polar surface area (TPSA) is 111 Å². The molecule has 0 saturated carbocycles. The standard InChI is InChI=1S/C25H30N6O2/c1-24(2,3)17-14-18(30-33-17)28-19(32)13-15-7-9-16(10-8-15)20-21-22(26)27-11-12-31(21)23(29-20)25(4,5)6/h7-12,14H,13H2,1-6H3,(H2,26,27)(H,28,30,32)/i13D2. The van der Waals surface area contributed by atoms with Crippen molar-refractivity contribution < 1.29 is 12.1 Å². The summed E-state index contributed by atoms with van der Waals surface area (Å²) < 4.78 is 24.1. The number of hydrogen-bond acceptors (Lipinski definition) is 6. The van der Waals surface area contributed by atoms with Crippen molar-refractivity contribution in [2.45, 2.75) is 58.7 Å². The van der Waals surface area contributed by atoms with Gasteiger partial charge in [-0.05, 0) is 5.56 Å². The van der Waals surface area contributed by atoms with Gasteiger partial charge in [-0.1, -0.05) is 71.0 Å². The predicted molar refractivity (Wildman–Crippen MR) is 129 cm³/mol. The second-order valence-electron chi connectivity index (χ2n) is 10.0. The van der Waals surface area contributed by atoms with Gasteiger partial charge >= 0.3 is 0 Å². The lowest BCUT2D eigenvalue weighted by atomic mass is 9.93. The number of amides is 1. The van der Waals surface area contributed by atoms with Gasteiger partial charge in [0.1, 0.15) is 28.6 Å². The van der Waals surface area contributed by atoms with Crippen LogP contribution >= 0.6 is 0 Å². The highest BCUT2D eigenvalue weighted by molar-refractivity contribution is 5.91. The Bertz CT molecular complexity index is 1390. The average Bonchev–Trinajstić information content (AvgIpc) is 3.39. The zero-order chi connectivity index (χ0) is 25.8. The molecule has 1 amide bonds. The van der Waals surface area contributed by atoms with E-state index in [2.05, 4.69) is 36.2 Å². The highest BCUT2D eigenvalue weighted by atomic mass is 16.5. The number of nitrogens with two attached hydrogens (primary N) is 1. The molecule has 4 aromatic rings. The second-order valence-corrected chi connectivity index (χ2v) is 10.0. The number of rotatable bonds is 4. The van der Waals surface area contributed by atoms with Gasteiger partial charge in [0.05, 0.1) is 6.37 Å². The zero-order valence-electron chi connectivity index (χ0n) is 21.7. The molecule has 0 atom stereocenters. The molecular weight excluding hydrogens is 416 g/mol. The van der Waals surface area contributed by atoms with Crippen LogP contribution in [-0.4, -0.2) is 25.4 Å². The van der Waals surface area contributed by atoms with E-state index in [9.17, 15) is 4.79 Å². The van der Waals surface area contributed by atoms with Gasteiger partial charge in [-0.3, -0.25) is 9.20 Å². The molecule has 33 heavy (non-hydrogen) atoms. The maximum absolute atomic E-state index is 12.8. The molecule has 0 aliphatic rings. The van der Waals surface area contributed by atoms with E-state index in [4.69, 9.17) is 18.0 Å². The number of imidazole rings is 1. The highest BCUT2D eigenvalue weighted by Gasteiger charge is 2.24. The van der Waals surface area contributed by atoms with Gasteiger partial charge in [0.25, 0.3) is 0 Å². The van der Waals surface area contributed by atoms with Crippen LogP contribution in [-0.2, 0) is 22.0 Å². The zero-order valence-corrected chi connectivity index (χ0v) is 19.7. The number of benzene rings is 1. The fraction of sp³-hybridized carbons (Fsp3) is 0.360. The van der Waals surface area contributed by atoms with Gasteiger partial charge in [-0.25, -0.2) is 9.97 Å². The first-order valence-corrected chi connectivity index (χ1v) is 10.7. The number of carbonyl (C=O) groups is 1. The fourth-order valence-electron chi connectivity index (χ4n) is 3.47. The Morgan fingerprint density at radius 3 is 2.45 bits per heavy atom. The Labute approximate surface area is 196 Å². The summed E-state index contributed by atoms with van der Waals surface area (Å²) in [6.45, 7) is 12.1. The second kappa shape index (κ2) is 8.03. The van der Waals surface area contributed by atoms with E-state index in [1.165, 1.54) is 0 Å². The SMILES string of the molecule is [2H]C([2H])(C(=O)Nc1cc(C(C)(C)C)on1)c1ccc(-c2nc(C(C)(C)C)n3ccnc(N)c23)cc1. The van der Waals surface area contributed by atoms with Crippen LogP contribution in [0.5, 0.6) is 0 Å². The summed E-state index contributed by atoms with van der Waals surface area (Å²) in [6.07, 6.45) is 1.17. The average molecular weight is 449 g/mol. The molecule has 4 rings (SSSR count). The predicted octanol–water partition coefficient (Wildman–Crippen LogP) is 4.74. The lowest BCUT2D eigenvalue weighted by Gasteiger charge is -2.16. The van der Waals surface area contributed by atoms with Crippen molar-refractivity contribution in [2.75, 3.05) is 11.1 Å². The third-order valence-electron chi connectivity index (χ3n) is 5.16. The molecule has 8 heteroatoms. The quantitative estimate of drug-likeness (QED) is 0.466. The monoisotopic (exact) mass is 448 g/mol. The Balaban J connectivity index is 1.64. The number of nitrogens with one attached hydrogen (secondary N) is 1. The van der Waals surface area contributed by atoms with Crippen molar-refractivity contribution in [3.8, 4) is 11.3 Å². The smallest absolute Gasteiger partial charge is 0.230 e. The normalized spacial score (nSPS) is 13.6. The molecule has 0 aliphatic heterocycles. The van der Waals surface area contributed by atoms with Crippen LogP contribution in [0, 0.1) is 0 Å². The number of hydrogen-bond donors (Lipinski definition) is 2. The van der Waals surface area contributed by atoms with E-state index in [1.54, 1.807) is 36.5 Å². The van der Waals surface area contributed by atoms with Crippen LogP contribution in [0.1, 0.15) is 61.4 Å². The molecule has 8 nitrogen and oxygen atoms in total. The molecule has 0 aliphatic carbocycles. The van der Waals surface area contributed by atoms with Gasteiger partial charge in [-0.2, -0.15) is 0 Å². The van der Waals surface area contributed by atoms with Crippen LogP contribution in [0.25, 0.3) is 16.8 Å². The van der Waals surface area contributed by atoms with E-state index in [1.807, 2.05) is 31.4 Å². The van der Waals surface area contributed by atoms with Gasteiger partial charge < -0.3 is 15.6 Å². The van der Waals surface area contributed by atoms with Crippen LogP contribution in [0.2, 0.25) is 0 Å². The molecule has 0 bridgehead atoms. The summed E-state index contributed by atoms with van der Waals surface area (Å²) in [5, 5.41) is 6.35. The Hall–Kier alpha value is -3.68. The number of aromatic nitrogens is 4. The summed E-state index contributed by atoms with van der Waals surface area (Å²) in [5.41, 5.74) is 7.94. The van der Waals surface area contributed by atoms with Gasteiger partial charge in [0, 0.05) is 37.6 Å². The molecule has 0 saturated heterocycles. The van der Waals surface area contributed by atoms with Crippen LogP contribution < -0.4 is 11.1 Å². The lowest BCUT2D eigenvalue weighted by molar-refractivity contribution is -0.115. The third kappa shape index (κ3) is 4.60. The molecule has 0 fully saturated rings. The van der Waals surface area contributed by atoms with E-state index in [0.717, 1.165) is 11.4 Å². The number of nitrogens with zero attached hydrogens (tertiary/aromatic N) is 4. The Morgan fingerprint density at radius 2 is 1.85 bits per heavy atom. The molecule has 172 valence electrons. The maximum atomic E-state index is 12.8. The molecule has 0 spiro atoms. The first kappa shape index (κ1) is 20.0. The molecule has 0 unspecified atom stereocenters. The first-order valence-electron chi connectivity index (χ1n) is 11.7. The van der Waals surface area contributed by atoms with E-state index in [-0.39, 0.29) is 22.2 Å². The van der Waals surface area contributed by atoms with Crippen molar-refractivity contribution in [1.82, 2.24) is 19.5 Å². The van der Waals surface area contributed by atoms with Gasteiger partial charge in [0.15, 0.2) is 5.82 Å². The minimum atomic E-state index is -2.30. The fourth-order valence-corrected chi connectivity index (χ4v) is 3.47. The van der Waals surface area contributed by atoms with E-state index >= 15 is 0 Å². The summed E-state index contributed by atoms with van der Waals surface area (Å²) in [5.74, 6) is 1.11. The van der Waals surface area contributed by atoms with Gasteiger partial charge in [0.2, 0.25) is 5.91 Å². The molecule has 0 radical (unpaired) electrons. The molecule has 3 heterocycles. The number of anilines is 2. The van der Waals surface area contributed by atoms with Crippen LogP contribution in [0.4, 0.5) is 11.6 Å². The van der Waals surface area contributed by atoms with Gasteiger partial charge in [-0.15, -0.1) is 0 Å². The van der Waals surface area contributed by atoms with Crippen molar-refractivity contribution in [1.29, 1.82) is 0 Å². The minimum Gasteiger partial charge on any atom is -0.382 e. The summed E-state index contributed by atoms with van der Waals surface area (Å²) in [4.78, 5) is 21.8. The van der Waals surface area contributed by atoms with Crippen molar-refractivity contribution in [3.63, 3.8) is 0 Å². The maximum Gasteiger partial charge on any atom is 0.230 e. The minimum absolute atomic E-state index is 0.169. The van der Waals surface area contributed by atoms with E-state index < -0.39 is 12.3 Å². The highest BCUT2D eigenvalue weighted by Crippen LogP contribution is 2.32. The largest absolute Gasteiger partial charge is 0.382 e. The van der Waals surface area contributed by atoms with Crippen molar-refractivity contribution >= 4 is 23.1 Å². The molecular formula is C25H30N6O2. The van der Waals surface area contributed by atoms with Crippen LogP contribution in [0.15, 0.2) is 47.2 Å². The number of nitrogen functional groups attached to an aromatic ring is 1. The third-order valence-corrected chi connectivity index (χ3v) is 5.16. The van der Waals surface area contributed by atoms with Crippen LogP contribution in [0.3, 0.4) is 0 Å². The van der Waals surface area contributed by atoms with Crippen molar-refractivity contribution in [3.05, 3.63) is 59.9 Å². The summed E-state index contributed by atoms with van der Waals surface area (Å²) >= 11 is 0. The van der Waals surface area contributed by atoms with Crippen molar-refractivity contribution in [2.24, 2.45) is 0 Å². The molecule has 3 aromatic heterocycles. The van der Waals surface area contributed by atoms with E-state index in [0.29, 0.717) is 22.8 Å². The molecule has 1 aromatic carbocycles. The molecule has 3 N–H and O–H groups in total. The Morgan fingerprint density at radius 1 is 1.15 bits per heavy atom. The summed E-state index contributed by atoms with van der Waals surface area (Å²) in [6, 6.07) is 8.22. The lowest BCUT2D eigenvalue weighted by Crippen LogP contribution is -2.16.